The normalized spacial score (nSPS) is 15.8. The van der Waals surface area contributed by atoms with Crippen molar-refractivity contribution in [1.29, 1.82) is 0 Å². The highest BCUT2D eigenvalue weighted by atomic mass is 16.2. The van der Waals surface area contributed by atoms with Crippen molar-refractivity contribution in [1.82, 2.24) is 15.1 Å². The molecule has 0 bridgehead atoms. The number of benzene rings is 1. The van der Waals surface area contributed by atoms with Gasteiger partial charge in [-0.3, -0.25) is 9.48 Å². The first-order valence-corrected chi connectivity index (χ1v) is 8.50. The Morgan fingerprint density at radius 2 is 2.16 bits per heavy atom. The molecule has 1 atom stereocenters. The first-order valence-electron chi connectivity index (χ1n) is 8.50. The zero-order valence-electron chi connectivity index (χ0n) is 14.5. The van der Waals surface area contributed by atoms with Gasteiger partial charge in [-0.2, -0.15) is 5.10 Å². The van der Waals surface area contributed by atoms with Crippen molar-refractivity contribution in [3.63, 3.8) is 0 Å². The van der Waals surface area contributed by atoms with Gasteiger partial charge in [-0.05, 0) is 24.0 Å². The molecule has 0 saturated heterocycles. The van der Waals surface area contributed by atoms with Crippen LogP contribution < -0.4 is 16.0 Å². The lowest BCUT2D eigenvalue weighted by Gasteiger charge is -2.10. The lowest BCUT2D eigenvalue weighted by molar-refractivity contribution is -0.117. The minimum atomic E-state index is -0.296. The van der Waals surface area contributed by atoms with Crippen LogP contribution in [0.2, 0.25) is 0 Å². The SMILES string of the molecule is CC(C)Cn1cc(NC(=O)NCCC2C(=O)Nc3ccccc32)cn1. The number of hydrogen-bond acceptors (Lipinski definition) is 3. The topological polar surface area (TPSA) is 88.0 Å². The Morgan fingerprint density at radius 1 is 1.36 bits per heavy atom. The molecule has 0 radical (unpaired) electrons. The Bertz CT molecular complexity index is 768. The summed E-state index contributed by atoms with van der Waals surface area (Å²) >= 11 is 0. The highest BCUT2D eigenvalue weighted by Gasteiger charge is 2.29. The van der Waals surface area contributed by atoms with E-state index in [1.807, 2.05) is 24.3 Å². The number of urea groups is 1. The lowest BCUT2D eigenvalue weighted by Crippen LogP contribution is -2.30. The number of carbonyl (C=O) groups excluding carboxylic acids is 2. The molecule has 7 heteroatoms. The number of nitrogens with one attached hydrogen (secondary N) is 3. The summed E-state index contributed by atoms with van der Waals surface area (Å²) < 4.78 is 1.81. The summed E-state index contributed by atoms with van der Waals surface area (Å²) in [5.74, 6) is 0.255. The maximum atomic E-state index is 12.0. The van der Waals surface area contributed by atoms with E-state index in [0.717, 1.165) is 17.8 Å². The molecule has 3 amide bonds. The van der Waals surface area contributed by atoms with E-state index in [2.05, 4.69) is 34.9 Å². The highest BCUT2D eigenvalue weighted by Crippen LogP contribution is 2.33. The highest BCUT2D eigenvalue weighted by molar-refractivity contribution is 6.02. The molecule has 1 aliphatic heterocycles. The average Bonchev–Trinajstić information content (AvgIpc) is 3.11. The van der Waals surface area contributed by atoms with E-state index in [9.17, 15) is 9.59 Å². The molecule has 0 saturated carbocycles. The second-order valence-corrected chi connectivity index (χ2v) is 6.64. The molecule has 1 unspecified atom stereocenters. The van der Waals surface area contributed by atoms with Crippen LogP contribution in [0.25, 0.3) is 0 Å². The number of carbonyl (C=O) groups is 2. The third-order valence-electron chi connectivity index (χ3n) is 4.07. The monoisotopic (exact) mass is 341 g/mol. The van der Waals surface area contributed by atoms with E-state index in [0.29, 0.717) is 24.6 Å². The molecular formula is C18H23N5O2. The van der Waals surface area contributed by atoms with Crippen LogP contribution >= 0.6 is 0 Å². The number of fused-ring (bicyclic) bond motifs is 1. The van der Waals surface area contributed by atoms with Crippen molar-refractivity contribution < 1.29 is 9.59 Å². The molecule has 1 aromatic carbocycles. The molecule has 1 aliphatic rings. The van der Waals surface area contributed by atoms with Crippen LogP contribution in [0.4, 0.5) is 16.2 Å². The molecule has 0 aliphatic carbocycles. The third-order valence-corrected chi connectivity index (χ3v) is 4.07. The first-order chi connectivity index (χ1) is 12.0. The van der Waals surface area contributed by atoms with E-state index >= 15 is 0 Å². The summed E-state index contributed by atoms with van der Waals surface area (Å²) in [5.41, 5.74) is 2.51. The number of hydrogen-bond donors (Lipinski definition) is 3. The minimum Gasteiger partial charge on any atom is -0.338 e. The van der Waals surface area contributed by atoms with Gasteiger partial charge in [0.1, 0.15) is 0 Å². The predicted octanol–water partition coefficient (Wildman–Crippen LogP) is 2.79. The lowest BCUT2D eigenvalue weighted by atomic mass is 9.97. The standard InChI is InChI=1S/C18H23N5O2/c1-12(2)10-23-11-13(9-20-23)21-18(25)19-8-7-15-14-5-3-4-6-16(14)22-17(15)24/h3-6,9,11-12,15H,7-8,10H2,1-2H3,(H,22,24)(H2,19,21,25). The van der Waals surface area contributed by atoms with Gasteiger partial charge in [0.15, 0.2) is 0 Å². The zero-order valence-corrected chi connectivity index (χ0v) is 14.5. The average molecular weight is 341 g/mol. The molecule has 132 valence electrons. The van der Waals surface area contributed by atoms with E-state index in [1.54, 1.807) is 17.1 Å². The maximum absolute atomic E-state index is 12.0. The Hall–Kier alpha value is -2.83. The van der Waals surface area contributed by atoms with Crippen LogP contribution in [0.5, 0.6) is 0 Å². The molecular weight excluding hydrogens is 318 g/mol. The summed E-state index contributed by atoms with van der Waals surface area (Å²) in [6, 6.07) is 7.35. The number of para-hydroxylation sites is 1. The van der Waals surface area contributed by atoms with Crippen LogP contribution in [-0.4, -0.2) is 28.3 Å². The summed E-state index contributed by atoms with van der Waals surface area (Å²) in [6.07, 6.45) is 3.99. The van der Waals surface area contributed by atoms with Gasteiger partial charge in [-0.1, -0.05) is 32.0 Å². The fourth-order valence-electron chi connectivity index (χ4n) is 2.97. The van der Waals surface area contributed by atoms with Crippen LogP contribution in [0.1, 0.15) is 31.7 Å². The Balaban J connectivity index is 1.47. The molecule has 0 fully saturated rings. The molecule has 3 N–H and O–H groups in total. The Labute approximate surface area is 146 Å². The Morgan fingerprint density at radius 3 is 2.96 bits per heavy atom. The van der Waals surface area contributed by atoms with Crippen molar-refractivity contribution in [3.8, 4) is 0 Å². The van der Waals surface area contributed by atoms with Crippen LogP contribution in [-0.2, 0) is 11.3 Å². The fraction of sp³-hybridized carbons (Fsp3) is 0.389. The van der Waals surface area contributed by atoms with Crippen molar-refractivity contribution in [2.75, 3.05) is 17.2 Å². The zero-order chi connectivity index (χ0) is 17.8. The van der Waals surface area contributed by atoms with Crippen molar-refractivity contribution in [2.24, 2.45) is 5.92 Å². The number of amides is 3. The number of nitrogens with zero attached hydrogens (tertiary/aromatic N) is 2. The molecule has 7 nitrogen and oxygen atoms in total. The van der Waals surface area contributed by atoms with Crippen LogP contribution in [0.3, 0.4) is 0 Å². The van der Waals surface area contributed by atoms with Gasteiger partial charge in [0.2, 0.25) is 5.91 Å². The molecule has 3 rings (SSSR count). The molecule has 2 heterocycles. The van der Waals surface area contributed by atoms with E-state index in [-0.39, 0.29) is 17.9 Å². The summed E-state index contributed by atoms with van der Waals surface area (Å²) in [6.45, 7) is 5.44. The number of anilines is 2. The minimum absolute atomic E-state index is 0.0154. The first kappa shape index (κ1) is 17.0. The van der Waals surface area contributed by atoms with Crippen LogP contribution in [0.15, 0.2) is 36.7 Å². The molecule has 1 aromatic heterocycles. The maximum Gasteiger partial charge on any atom is 0.319 e. The molecule has 2 aromatic rings. The third kappa shape index (κ3) is 4.17. The van der Waals surface area contributed by atoms with Crippen molar-refractivity contribution in [3.05, 3.63) is 42.2 Å². The van der Waals surface area contributed by atoms with Crippen molar-refractivity contribution >= 4 is 23.3 Å². The van der Waals surface area contributed by atoms with Gasteiger partial charge >= 0.3 is 6.03 Å². The molecule has 25 heavy (non-hydrogen) atoms. The number of rotatable bonds is 6. The number of aromatic nitrogens is 2. The molecule has 0 spiro atoms. The summed E-state index contributed by atoms with van der Waals surface area (Å²) in [7, 11) is 0. The second-order valence-electron chi connectivity index (χ2n) is 6.64. The smallest absolute Gasteiger partial charge is 0.319 e. The van der Waals surface area contributed by atoms with Gasteiger partial charge in [-0.15, -0.1) is 0 Å². The van der Waals surface area contributed by atoms with Gasteiger partial charge < -0.3 is 16.0 Å². The van der Waals surface area contributed by atoms with E-state index < -0.39 is 0 Å². The van der Waals surface area contributed by atoms with E-state index in [1.165, 1.54) is 0 Å². The second kappa shape index (κ2) is 7.38. The largest absolute Gasteiger partial charge is 0.338 e. The van der Waals surface area contributed by atoms with Gasteiger partial charge in [0, 0.05) is 25.0 Å². The van der Waals surface area contributed by atoms with E-state index in [4.69, 9.17) is 0 Å². The Kier molecular flexibility index (Phi) is 5.02. The quantitative estimate of drug-likeness (QED) is 0.755. The van der Waals surface area contributed by atoms with Gasteiger partial charge in [-0.25, -0.2) is 4.79 Å². The predicted molar refractivity (Wildman–Crippen MR) is 96.5 cm³/mol. The van der Waals surface area contributed by atoms with Gasteiger partial charge in [0.25, 0.3) is 0 Å². The van der Waals surface area contributed by atoms with Gasteiger partial charge in [0.05, 0.1) is 17.8 Å². The summed E-state index contributed by atoms with van der Waals surface area (Å²) in [5, 5.41) is 12.6. The summed E-state index contributed by atoms with van der Waals surface area (Å²) in [4.78, 5) is 24.0. The van der Waals surface area contributed by atoms with Crippen LogP contribution in [0, 0.1) is 5.92 Å². The fourth-order valence-corrected chi connectivity index (χ4v) is 2.97. The van der Waals surface area contributed by atoms with Crippen molar-refractivity contribution in [2.45, 2.75) is 32.7 Å².